The van der Waals surface area contributed by atoms with Crippen molar-refractivity contribution in [3.63, 3.8) is 0 Å². The first kappa shape index (κ1) is 10.9. The van der Waals surface area contributed by atoms with Gasteiger partial charge >= 0.3 is 11.2 Å². The number of carboxylic acids is 1. The Hall–Kier alpha value is -1.10. The monoisotopic (exact) mass is 187 g/mol. The average molecular weight is 187 g/mol. The van der Waals surface area contributed by atoms with Gasteiger partial charge in [0.2, 0.25) is 0 Å². The standard InChI is InChI=1S/C4H6O2.C3H3NOS/c1-3(2)4(5)6;5-3-4-1-2-6-3/h1H2,2H3,(H,5,6);1H,2H2. The number of amides is 1. The highest BCUT2D eigenvalue weighted by atomic mass is 32.2. The Bertz CT molecular complexity index is 220. The predicted molar refractivity (Wildman–Crippen MR) is 48.8 cm³/mol. The Kier molecular flexibility index (Phi) is 5.03. The molecule has 0 aromatic rings. The minimum Gasteiger partial charge on any atom is -0.478 e. The zero-order valence-corrected chi connectivity index (χ0v) is 7.43. The van der Waals surface area contributed by atoms with Crippen LogP contribution in [-0.4, -0.2) is 28.3 Å². The summed E-state index contributed by atoms with van der Waals surface area (Å²) in [6.07, 6.45) is 1.62. The lowest BCUT2D eigenvalue weighted by Gasteiger charge is -1.79. The van der Waals surface area contributed by atoms with Crippen molar-refractivity contribution >= 4 is 29.2 Å². The molecule has 0 unspecified atom stereocenters. The van der Waals surface area contributed by atoms with Gasteiger partial charge in [-0.05, 0) is 6.92 Å². The minimum atomic E-state index is -0.935. The normalized spacial score (nSPS) is 13.6. The van der Waals surface area contributed by atoms with Crippen molar-refractivity contribution in [2.45, 2.75) is 6.92 Å². The Balaban J connectivity index is 0.000000202. The molecule has 1 aliphatic heterocycles. The van der Waals surface area contributed by atoms with E-state index in [-0.39, 0.29) is 10.8 Å². The van der Waals surface area contributed by atoms with Crippen LogP contribution in [0, 0.1) is 0 Å². The summed E-state index contributed by atoms with van der Waals surface area (Å²) in [5.41, 5.74) is 0.176. The maximum Gasteiger partial charge on any atom is 0.330 e. The molecule has 1 aliphatic rings. The summed E-state index contributed by atoms with van der Waals surface area (Å²) in [4.78, 5) is 23.0. The molecule has 1 heterocycles. The van der Waals surface area contributed by atoms with E-state index in [4.69, 9.17) is 5.11 Å². The van der Waals surface area contributed by atoms with Crippen LogP contribution in [0.5, 0.6) is 0 Å². The van der Waals surface area contributed by atoms with Crippen LogP contribution in [0.25, 0.3) is 0 Å². The number of aliphatic carboxylic acids is 1. The van der Waals surface area contributed by atoms with Gasteiger partial charge in [0.1, 0.15) is 0 Å². The molecule has 0 saturated heterocycles. The van der Waals surface area contributed by atoms with Crippen molar-refractivity contribution in [1.29, 1.82) is 0 Å². The fourth-order valence-electron chi connectivity index (χ4n) is 0.258. The van der Waals surface area contributed by atoms with E-state index in [1.54, 1.807) is 6.21 Å². The third-order valence-electron chi connectivity index (χ3n) is 0.843. The van der Waals surface area contributed by atoms with Crippen molar-refractivity contribution < 1.29 is 14.7 Å². The Morgan fingerprint density at radius 2 is 2.33 bits per heavy atom. The number of thioether (sulfide) groups is 1. The smallest absolute Gasteiger partial charge is 0.330 e. The molecule has 0 bridgehead atoms. The highest BCUT2D eigenvalue weighted by molar-refractivity contribution is 8.14. The van der Waals surface area contributed by atoms with Gasteiger partial charge in [0.25, 0.3) is 0 Å². The molecule has 0 fully saturated rings. The number of rotatable bonds is 1. The average Bonchev–Trinajstić information content (AvgIpc) is 2.40. The highest BCUT2D eigenvalue weighted by Crippen LogP contribution is 2.07. The van der Waals surface area contributed by atoms with E-state index < -0.39 is 5.97 Å². The van der Waals surface area contributed by atoms with Gasteiger partial charge < -0.3 is 5.11 Å². The molecule has 0 aromatic heterocycles. The van der Waals surface area contributed by atoms with Gasteiger partial charge in [-0.3, -0.25) is 4.79 Å². The molecule has 12 heavy (non-hydrogen) atoms. The number of carbonyl (C=O) groups excluding carboxylic acids is 1. The maximum atomic E-state index is 10.0. The lowest BCUT2D eigenvalue weighted by atomic mass is 10.4. The van der Waals surface area contributed by atoms with Gasteiger partial charge in [0.15, 0.2) is 0 Å². The van der Waals surface area contributed by atoms with Crippen LogP contribution in [-0.2, 0) is 4.79 Å². The molecule has 0 atom stereocenters. The van der Waals surface area contributed by atoms with Crippen LogP contribution in [0.1, 0.15) is 6.92 Å². The van der Waals surface area contributed by atoms with Gasteiger partial charge in [-0.1, -0.05) is 18.3 Å². The van der Waals surface area contributed by atoms with Crippen LogP contribution in [0.2, 0.25) is 0 Å². The van der Waals surface area contributed by atoms with Crippen LogP contribution in [0.15, 0.2) is 17.1 Å². The molecule has 5 heteroatoms. The third kappa shape index (κ3) is 5.67. The van der Waals surface area contributed by atoms with E-state index in [0.717, 1.165) is 5.75 Å². The molecule has 0 aliphatic carbocycles. The first-order chi connectivity index (χ1) is 5.54. The van der Waals surface area contributed by atoms with Gasteiger partial charge in [-0.2, -0.15) is 0 Å². The van der Waals surface area contributed by atoms with Crippen LogP contribution >= 0.6 is 11.8 Å². The largest absolute Gasteiger partial charge is 0.478 e. The lowest BCUT2D eigenvalue weighted by molar-refractivity contribution is -0.132. The van der Waals surface area contributed by atoms with Gasteiger partial charge in [-0.25, -0.2) is 9.79 Å². The molecular formula is C7H9NO3S. The first-order valence-electron chi connectivity index (χ1n) is 3.12. The summed E-state index contributed by atoms with van der Waals surface area (Å²) < 4.78 is 0. The van der Waals surface area contributed by atoms with E-state index >= 15 is 0 Å². The number of carbonyl (C=O) groups is 2. The number of carboxylic acid groups (broad SMARTS) is 1. The number of nitrogens with zero attached hydrogens (tertiary/aromatic N) is 1. The molecule has 1 rings (SSSR count). The van der Waals surface area contributed by atoms with E-state index in [1.807, 2.05) is 0 Å². The third-order valence-corrected chi connectivity index (χ3v) is 1.51. The minimum absolute atomic E-state index is 0.0602. The lowest BCUT2D eigenvalue weighted by Crippen LogP contribution is -1.92. The number of hydrogen-bond acceptors (Lipinski definition) is 3. The second-order valence-electron chi connectivity index (χ2n) is 1.97. The van der Waals surface area contributed by atoms with Crippen LogP contribution in [0.4, 0.5) is 4.79 Å². The molecule has 0 spiro atoms. The fourth-order valence-corrected chi connectivity index (χ4v) is 0.698. The van der Waals surface area contributed by atoms with Crippen molar-refractivity contribution in [2.24, 2.45) is 4.99 Å². The topological polar surface area (TPSA) is 66.7 Å². The van der Waals surface area contributed by atoms with Crippen molar-refractivity contribution in [3.8, 4) is 0 Å². The van der Waals surface area contributed by atoms with E-state index in [9.17, 15) is 9.59 Å². The fraction of sp³-hybridized carbons (Fsp3) is 0.286. The maximum absolute atomic E-state index is 10.0. The summed E-state index contributed by atoms with van der Waals surface area (Å²) >= 11 is 1.24. The van der Waals surface area contributed by atoms with E-state index in [1.165, 1.54) is 18.7 Å². The Morgan fingerprint density at radius 1 is 1.83 bits per heavy atom. The zero-order valence-electron chi connectivity index (χ0n) is 6.61. The van der Waals surface area contributed by atoms with Gasteiger partial charge in [-0.15, -0.1) is 0 Å². The summed E-state index contributed by atoms with van der Waals surface area (Å²) in [6.45, 7) is 4.60. The molecular weight excluding hydrogens is 178 g/mol. The molecule has 0 saturated carbocycles. The summed E-state index contributed by atoms with van der Waals surface area (Å²) in [5.74, 6) is -0.172. The summed E-state index contributed by atoms with van der Waals surface area (Å²) in [7, 11) is 0. The molecule has 1 N–H and O–H groups in total. The van der Waals surface area contributed by atoms with Crippen LogP contribution in [0.3, 0.4) is 0 Å². The van der Waals surface area contributed by atoms with Gasteiger partial charge in [0.05, 0.1) is 0 Å². The second-order valence-corrected chi connectivity index (χ2v) is 2.95. The molecule has 66 valence electrons. The van der Waals surface area contributed by atoms with E-state index in [0.29, 0.717) is 0 Å². The Morgan fingerprint density at radius 3 is 2.42 bits per heavy atom. The van der Waals surface area contributed by atoms with Crippen molar-refractivity contribution in [2.75, 3.05) is 5.75 Å². The van der Waals surface area contributed by atoms with E-state index in [2.05, 4.69) is 11.6 Å². The van der Waals surface area contributed by atoms with Gasteiger partial charge in [0, 0.05) is 17.5 Å². The quantitative estimate of drug-likeness (QED) is 0.633. The Labute approximate surface area is 74.4 Å². The zero-order chi connectivity index (χ0) is 9.56. The predicted octanol–water partition coefficient (Wildman–Crippen LogP) is 1.57. The molecule has 0 aromatic carbocycles. The second kappa shape index (κ2) is 5.54. The van der Waals surface area contributed by atoms with Crippen molar-refractivity contribution in [1.82, 2.24) is 0 Å². The SMILES string of the molecule is C=C(C)C(=O)O.O=C1N=CCS1. The number of aliphatic imine (C=N–C) groups is 1. The molecule has 0 radical (unpaired) electrons. The van der Waals surface area contributed by atoms with Crippen LogP contribution < -0.4 is 0 Å². The molecule has 1 amide bonds. The molecule has 4 nitrogen and oxygen atoms in total. The first-order valence-corrected chi connectivity index (χ1v) is 4.10. The highest BCUT2D eigenvalue weighted by Gasteiger charge is 2.01. The summed E-state index contributed by atoms with van der Waals surface area (Å²) in [5, 5.41) is 7.83. The number of hydrogen-bond donors (Lipinski definition) is 1. The summed E-state index contributed by atoms with van der Waals surface area (Å²) in [6, 6.07) is 0. The van der Waals surface area contributed by atoms with Crippen molar-refractivity contribution in [3.05, 3.63) is 12.2 Å².